The molecule has 2 N–H and O–H groups in total. The van der Waals surface area contributed by atoms with E-state index >= 15 is 0 Å². The molecule has 0 saturated carbocycles. The third-order valence-corrected chi connectivity index (χ3v) is 3.26. The number of anilines is 1. The Bertz CT molecular complexity index is 725. The van der Waals surface area contributed by atoms with E-state index in [9.17, 15) is 9.59 Å². The molecule has 22 heavy (non-hydrogen) atoms. The molecule has 0 unspecified atom stereocenters. The van der Waals surface area contributed by atoms with E-state index in [1.165, 1.54) is 10.9 Å². The van der Waals surface area contributed by atoms with Gasteiger partial charge in [-0.1, -0.05) is 5.21 Å². The van der Waals surface area contributed by atoms with E-state index in [2.05, 4.69) is 15.6 Å². The average Bonchev–Trinajstić information content (AvgIpc) is 2.95. The number of nitrogens with one attached hydrogen (secondary N) is 1. The van der Waals surface area contributed by atoms with Gasteiger partial charge in [-0.05, 0) is 36.6 Å². The third kappa shape index (κ3) is 3.05. The largest absolute Gasteiger partial charge is 0.493 e. The highest BCUT2D eigenvalue weighted by atomic mass is 16.5. The minimum absolute atomic E-state index is 0.103. The fourth-order valence-electron chi connectivity index (χ4n) is 2.26. The van der Waals surface area contributed by atoms with Gasteiger partial charge < -0.3 is 15.2 Å². The number of carboxylic acid groups (broad SMARTS) is 1. The summed E-state index contributed by atoms with van der Waals surface area (Å²) < 4.78 is 6.69. The van der Waals surface area contributed by atoms with Crippen molar-refractivity contribution in [1.29, 1.82) is 0 Å². The number of carbonyl (C=O) groups is 2. The van der Waals surface area contributed by atoms with E-state index in [4.69, 9.17) is 9.84 Å². The number of carboxylic acids is 1. The lowest BCUT2D eigenvalue weighted by atomic mass is 10.1. The molecule has 0 spiro atoms. The second-order valence-electron chi connectivity index (χ2n) is 4.93. The Balaban J connectivity index is 1.65. The predicted molar refractivity (Wildman–Crippen MR) is 75.9 cm³/mol. The van der Waals surface area contributed by atoms with Crippen molar-refractivity contribution in [3.8, 4) is 5.75 Å². The van der Waals surface area contributed by atoms with E-state index in [0.717, 1.165) is 30.8 Å². The molecular weight excluding hydrogens is 288 g/mol. The molecule has 0 fully saturated rings. The van der Waals surface area contributed by atoms with Crippen molar-refractivity contribution in [3.63, 3.8) is 0 Å². The number of rotatable bonds is 4. The first-order valence-corrected chi connectivity index (χ1v) is 6.81. The highest BCUT2D eigenvalue weighted by molar-refractivity contribution is 5.91. The molecule has 114 valence electrons. The Labute approximate surface area is 125 Å². The zero-order valence-electron chi connectivity index (χ0n) is 11.7. The van der Waals surface area contributed by atoms with Crippen LogP contribution in [0.1, 0.15) is 22.5 Å². The highest BCUT2D eigenvalue weighted by Gasteiger charge is 2.13. The van der Waals surface area contributed by atoms with Gasteiger partial charge in [0, 0.05) is 5.69 Å². The fourth-order valence-corrected chi connectivity index (χ4v) is 2.26. The van der Waals surface area contributed by atoms with Crippen LogP contribution < -0.4 is 10.1 Å². The van der Waals surface area contributed by atoms with Crippen molar-refractivity contribution < 1.29 is 19.4 Å². The normalized spacial score (nSPS) is 13.1. The highest BCUT2D eigenvalue weighted by Crippen LogP contribution is 2.27. The molecule has 1 aliphatic rings. The number of amides is 1. The quantitative estimate of drug-likeness (QED) is 0.870. The number of hydrogen-bond donors (Lipinski definition) is 2. The van der Waals surface area contributed by atoms with Gasteiger partial charge in [-0.2, -0.15) is 0 Å². The summed E-state index contributed by atoms with van der Waals surface area (Å²) in [5, 5.41) is 18.5. The topological polar surface area (TPSA) is 106 Å². The molecule has 0 atom stereocenters. The van der Waals surface area contributed by atoms with Crippen LogP contribution in [0.2, 0.25) is 0 Å². The lowest BCUT2D eigenvalue weighted by Gasteiger charge is -2.18. The Morgan fingerprint density at radius 2 is 2.27 bits per heavy atom. The van der Waals surface area contributed by atoms with Gasteiger partial charge in [0.2, 0.25) is 5.91 Å². The molecule has 1 aromatic carbocycles. The maximum atomic E-state index is 12.0. The standard InChI is InChI=1S/C14H14N4O4/c19-13(8-18-7-11(14(20)21)16-17-18)15-10-3-4-12-9(6-10)2-1-5-22-12/h3-4,6-7H,1-2,5,8H2,(H,15,19)(H,20,21). The SMILES string of the molecule is O=C(Cn1cc(C(=O)O)nn1)Nc1ccc2c(c1)CCCO2. The third-order valence-electron chi connectivity index (χ3n) is 3.26. The van der Waals surface area contributed by atoms with Crippen LogP contribution in [-0.2, 0) is 17.8 Å². The lowest BCUT2D eigenvalue weighted by molar-refractivity contribution is -0.116. The van der Waals surface area contributed by atoms with E-state index in [1.807, 2.05) is 12.1 Å². The van der Waals surface area contributed by atoms with Gasteiger partial charge in [-0.25, -0.2) is 9.48 Å². The van der Waals surface area contributed by atoms with E-state index in [0.29, 0.717) is 5.69 Å². The van der Waals surface area contributed by atoms with Crippen LogP contribution in [0.5, 0.6) is 5.75 Å². The van der Waals surface area contributed by atoms with Gasteiger partial charge in [0.15, 0.2) is 5.69 Å². The number of nitrogens with zero attached hydrogens (tertiary/aromatic N) is 3. The summed E-state index contributed by atoms with van der Waals surface area (Å²) in [6.07, 6.45) is 3.09. The van der Waals surface area contributed by atoms with Crippen molar-refractivity contribution in [1.82, 2.24) is 15.0 Å². The first-order chi connectivity index (χ1) is 10.6. The summed E-state index contributed by atoms with van der Waals surface area (Å²) in [5.41, 5.74) is 1.55. The lowest BCUT2D eigenvalue weighted by Crippen LogP contribution is -2.19. The molecule has 0 bridgehead atoms. The summed E-state index contributed by atoms with van der Waals surface area (Å²) >= 11 is 0. The monoisotopic (exact) mass is 302 g/mol. The first kappa shape index (κ1) is 14.1. The average molecular weight is 302 g/mol. The van der Waals surface area contributed by atoms with Gasteiger partial charge in [-0.15, -0.1) is 5.10 Å². The zero-order valence-corrected chi connectivity index (χ0v) is 11.7. The van der Waals surface area contributed by atoms with E-state index < -0.39 is 5.97 Å². The molecule has 0 saturated heterocycles. The van der Waals surface area contributed by atoms with Crippen LogP contribution in [0.25, 0.3) is 0 Å². The van der Waals surface area contributed by atoms with Gasteiger partial charge in [-0.3, -0.25) is 4.79 Å². The Morgan fingerprint density at radius 1 is 1.41 bits per heavy atom. The molecule has 0 aliphatic carbocycles. The summed E-state index contributed by atoms with van der Waals surface area (Å²) in [4.78, 5) is 22.6. The number of aromatic nitrogens is 3. The first-order valence-electron chi connectivity index (χ1n) is 6.81. The molecule has 3 rings (SSSR count). The molecular formula is C14H14N4O4. The van der Waals surface area contributed by atoms with Crippen LogP contribution >= 0.6 is 0 Å². The number of aryl methyl sites for hydroxylation is 1. The minimum Gasteiger partial charge on any atom is -0.493 e. The van der Waals surface area contributed by atoms with Crippen molar-refractivity contribution in [2.45, 2.75) is 19.4 Å². The Morgan fingerprint density at radius 3 is 3.05 bits per heavy atom. The molecule has 1 aliphatic heterocycles. The van der Waals surface area contributed by atoms with Crippen LogP contribution in [0.4, 0.5) is 5.69 Å². The van der Waals surface area contributed by atoms with Crippen molar-refractivity contribution >= 4 is 17.6 Å². The second kappa shape index (κ2) is 5.84. The van der Waals surface area contributed by atoms with Crippen LogP contribution in [0.3, 0.4) is 0 Å². The summed E-state index contributed by atoms with van der Waals surface area (Å²) in [7, 11) is 0. The second-order valence-corrected chi connectivity index (χ2v) is 4.93. The van der Waals surface area contributed by atoms with Gasteiger partial charge in [0.1, 0.15) is 12.3 Å². The number of benzene rings is 1. The maximum absolute atomic E-state index is 12.0. The fraction of sp³-hybridized carbons (Fsp3) is 0.286. The zero-order chi connectivity index (χ0) is 15.5. The maximum Gasteiger partial charge on any atom is 0.358 e. The molecule has 8 heteroatoms. The summed E-state index contributed by atoms with van der Waals surface area (Å²) in [6, 6.07) is 5.49. The number of hydrogen-bond acceptors (Lipinski definition) is 5. The molecule has 1 amide bonds. The van der Waals surface area contributed by atoms with Gasteiger partial charge >= 0.3 is 5.97 Å². The molecule has 2 heterocycles. The van der Waals surface area contributed by atoms with Crippen molar-refractivity contribution in [2.75, 3.05) is 11.9 Å². The summed E-state index contributed by atoms with van der Waals surface area (Å²) in [5.74, 6) is -0.633. The Kier molecular flexibility index (Phi) is 3.73. The van der Waals surface area contributed by atoms with Gasteiger partial charge in [0.05, 0.1) is 12.8 Å². The van der Waals surface area contributed by atoms with E-state index in [1.54, 1.807) is 6.07 Å². The van der Waals surface area contributed by atoms with Crippen LogP contribution in [0.15, 0.2) is 24.4 Å². The van der Waals surface area contributed by atoms with Crippen LogP contribution in [0, 0.1) is 0 Å². The predicted octanol–water partition coefficient (Wildman–Crippen LogP) is 0.940. The van der Waals surface area contributed by atoms with Crippen molar-refractivity contribution in [2.24, 2.45) is 0 Å². The molecule has 0 radical (unpaired) electrons. The smallest absolute Gasteiger partial charge is 0.358 e. The van der Waals surface area contributed by atoms with Crippen LogP contribution in [-0.4, -0.2) is 38.6 Å². The molecule has 1 aromatic heterocycles. The molecule has 8 nitrogen and oxygen atoms in total. The van der Waals surface area contributed by atoms with Crippen molar-refractivity contribution in [3.05, 3.63) is 35.7 Å². The summed E-state index contributed by atoms with van der Waals surface area (Å²) in [6.45, 7) is 0.616. The number of carbonyl (C=O) groups excluding carboxylic acids is 1. The number of ether oxygens (including phenoxy) is 1. The number of aromatic carboxylic acids is 1. The van der Waals surface area contributed by atoms with Gasteiger partial charge in [0.25, 0.3) is 0 Å². The Hall–Kier alpha value is -2.90. The van der Waals surface area contributed by atoms with E-state index in [-0.39, 0.29) is 18.1 Å². The molecule has 2 aromatic rings. The minimum atomic E-state index is -1.18. The number of fused-ring (bicyclic) bond motifs is 1.